The zero-order valence-electron chi connectivity index (χ0n) is 10.4. The van der Waals surface area contributed by atoms with E-state index in [1.54, 1.807) is 11.3 Å². The van der Waals surface area contributed by atoms with Crippen molar-refractivity contribution in [3.63, 3.8) is 0 Å². The summed E-state index contributed by atoms with van der Waals surface area (Å²) in [5.74, 6) is 0. The van der Waals surface area contributed by atoms with Gasteiger partial charge in [0, 0.05) is 24.0 Å². The van der Waals surface area contributed by atoms with E-state index in [2.05, 4.69) is 23.2 Å². The first-order valence-electron chi connectivity index (χ1n) is 6.46. The number of likely N-dealkylation sites (tertiary alicyclic amines) is 1. The molecule has 1 aliphatic rings. The predicted molar refractivity (Wildman–Crippen MR) is 76.0 cm³/mol. The van der Waals surface area contributed by atoms with E-state index in [4.69, 9.17) is 11.6 Å². The van der Waals surface area contributed by atoms with Gasteiger partial charge in [0.2, 0.25) is 0 Å². The minimum atomic E-state index is 0.414. The van der Waals surface area contributed by atoms with Crippen molar-refractivity contribution in [3.8, 4) is 0 Å². The number of halogens is 1. The standard InChI is InChI=1S/C13H21ClN2S/c1-11(12-5-6-13(14)17-12)15-7-10-16-8-3-2-4-9-16/h5-6,11,15H,2-4,7-10H2,1H3. The number of hydrogen-bond donors (Lipinski definition) is 1. The van der Waals surface area contributed by atoms with E-state index < -0.39 is 0 Å². The minimum absolute atomic E-state index is 0.414. The van der Waals surface area contributed by atoms with Crippen molar-refractivity contribution in [2.24, 2.45) is 0 Å². The highest BCUT2D eigenvalue weighted by atomic mass is 35.5. The van der Waals surface area contributed by atoms with Gasteiger partial charge in [-0.05, 0) is 45.0 Å². The molecule has 1 N–H and O–H groups in total. The molecule has 4 heteroatoms. The van der Waals surface area contributed by atoms with Crippen molar-refractivity contribution < 1.29 is 0 Å². The molecule has 0 amide bonds. The fourth-order valence-electron chi connectivity index (χ4n) is 2.28. The fourth-order valence-corrected chi connectivity index (χ4v) is 3.37. The Morgan fingerprint density at radius 2 is 2.12 bits per heavy atom. The predicted octanol–water partition coefficient (Wildman–Crippen LogP) is 3.54. The first-order valence-corrected chi connectivity index (χ1v) is 7.66. The van der Waals surface area contributed by atoms with Gasteiger partial charge in [-0.25, -0.2) is 0 Å². The second-order valence-corrected chi connectivity index (χ2v) is 6.47. The highest BCUT2D eigenvalue weighted by Gasteiger charge is 2.11. The van der Waals surface area contributed by atoms with Crippen LogP contribution in [0.2, 0.25) is 4.34 Å². The summed E-state index contributed by atoms with van der Waals surface area (Å²) < 4.78 is 0.879. The van der Waals surface area contributed by atoms with E-state index in [9.17, 15) is 0 Å². The molecule has 0 bridgehead atoms. The maximum atomic E-state index is 5.94. The largest absolute Gasteiger partial charge is 0.308 e. The maximum absolute atomic E-state index is 5.94. The summed E-state index contributed by atoms with van der Waals surface area (Å²) in [7, 11) is 0. The van der Waals surface area contributed by atoms with Crippen LogP contribution in [0.4, 0.5) is 0 Å². The molecule has 2 rings (SSSR count). The molecular formula is C13H21ClN2S. The van der Waals surface area contributed by atoms with E-state index >= 15 is 0 Å². The Hall–Kier alpha value is -0.0900. The van der Waals surface area contributed by atoms with Crippen LogP contribution in [0.5, 0.6) is 0 Å². The molecule has 0 aromatic carbocycles. The average molecular weight is 273 g/mol. The summed E-state index contributed by atoms with van der Waals surface area (Å²) in [6.45, 7) is 7.00. The van der Waals surface area contributed by atoms with Gasteiger partial charge in [-0.15, -0.1) is 11.3 Å². The van der Waals surface area contributed by atoms with Gasteiger partial charge in [-0.3, -0.25) is 0 Å². The summed E-state index contributed by atoms with van der Waals surface area (Å²) in [6.07, 6.45) is 4.15. The number of rotatable bonds is 5. The number of nitrogens with zero attached hydrogens (tertiary/aromatic N) is 1. The molecule has 2 nitrogen and oxygen atoms in total. The lowest BCUT2D eigenvalue weighted by Crippen LogP contribution is -2.36. The van der Waals surface area contributed by atoms with Gasteiger partial charge in [0.1, 0.15) is 0 Å². The Balaban J connectivity index is 1.67. The third kappa shape index (κ3) is 4.25. The summed E-state index contributed by atoms with van der Waals surface area (Å²) in [6, 6.07) is 4.51. The van der Waals surface area contributed by atoms with E-state index in [0.717, 1.165) is 10.9 Å². The highest BCUT2D eigenvalue weighted by Crippen LogP contribution is 2.26. The van der Waals surface area contributed by atoms with Crippen LogP contribution in [0.1, 0.15) is 37.1 Å². The molecule has 1 aliphatic heterocycles. The van der Waals surface area contributed by atoms with E-state index in [1.807, 2.05) is 6.07 Å². The summed E-state index contributed by atoms with van der Waals surface area (Å²) >= 11 is 7.61. The topological polar surface area (TPSA) is 15.3 Å². The maximum Gasteiger partial charge on any atom is 0.0931 e. The van der Waals surface area contributed by atoms with Gasteiger partial charge < -0.3 is 10.2 Å². The Morgan fingerprint density at radius 1 is 1.35 bits per heavy atom. The van der Waals surface area contributed by atoms with Crippen LogP contribution in [0.25, 0.3) is 0 Å². The molecule has 0 radical (unpaired) electrons. The van der Waals surface area contributed by atoms with E-state index in [1.165, 1.54) is 43.8 Å². The fraction of sp³-hybridized carbons (Fsp3) is 0.692. The Bertz CT molecular complexity index is 334. The number of piperidine rings is 1. The van der Waals surface area contributed by atoms with Crippen molar-refractivity contribution in [1.82, 2.24) is 10.2 Å². The molecule has 2 heterocycles. The monoisotopic (exact) mass is 272 g/mol. The number of hydrogen-bond acceptors (Lipinski definition) is 3. The van der Waals surface area contributed by atoms with Crippen molar-refractivity contribution in [2.75, 3.05) is 26.2 Å². The van der Waals surface area contributed by atoms with Crippen LogP contribution in [-0.4, -0.2) is 31.1 Å². The summed E-state index contributed by atoms with van der Waals surface area (Å²) in [5, 5.41) is 3.57. The van der Waals surface area contributed by atoms with Gasteiger partial charge >= 0.3 is 0 Å². The SMILES string of the molecule is CC(NCCN1CCCCC1)c1ccc(Cl)s1. The van der Waals surface area contributed by atoms with Crippen molar-refractivity contribution in [3.05, 3.63) is 21.3 Å². The first kappa shape index (κ1) is 13.3. The second-order valence-electron chi connectivity index (χ2n) is 4.72. The molecule has 96 valence electrons. The molecule has 1 saturated heterocycles. The number of nitrogens with one attached hydrogen (secondary N) is 1. The van der Waals surface area contributed by atoms with Crippen molar-refractivity contribution in [1.29, 1.82) is 0 Å². The van der Waals surface area contributed by atoms with Crippen LogP contribution < -0.4 is 5.32 Å². The highest BCUT2D eigenvalue weighted by molar-refractivity contribution is 7.16. The summed E-state index contributed by atoms with van der Waals surface area (Å²) in [4.78, 5) is 3.89. The minimum Gasteiger partial charge on any atom is -0.308 e. The van der Waals surface area contributed by atoms with Gasteiger partial charge in [0.25, 0.3) is 0 Å². The third-order valence-electron chi connectivity index (χ3n) is 3.35. The zero-order chi connectivity index (χ0) is 12.1. The lowest BCUT2D eigenvalue weighted by Gasteiger charge is -2.27. The van der Waals surface area contributed by atoms with Gasteiger partial charge in [-0.2, -0.15) is 0 Å². The molecule has 1 unspecified atom stereocenters. The first-order chi connectivity index (χ1) is 8.25. The second kappa shape index (κ2) is 6.74. The molecule has 1 aromatic rings. The van der Waals surface area contributed by atoms with E-state index in [0.29, 0.717) is 6.04 Å². The average Bonchev–Trinajstić information content (AvgIpc) is 2.77. The van der Waals surface area contributed by atoms with Crippen LogP contribution in [0, 0.1) is 0 Å². The lowest BCUT2D eigenvalue weighted by atomic mass is 10.1. The van der Waals surface area contributed by atoms with Crippen LogP contribution in [0.3, 0.4) is 0 Å². The molecule has 1 fully saturated rings. The molecule has 0 spiro atoms. The van der Waals surface area contributed by atoms with Crippen molar-refractivity contribution >= 4 is 22.9 Å². The van der Waals surface area contributed by atoms with Crippen molar-refractivity contribution in [2.45, 2.75) is 32.2 Å². The molecule has 0 aliphatic carbocycles. The van der Waals surface area contributed by atoms with Crippen LogP contribution in [0.15, 0.2) is 12.1 Å². The normalized spacial score (nSPS) is 19.4. The van der Waals surface area contributed by atoms with Crippen LogP contribution >= 0.6 is 22.9 Å². The van der Waals surface area contributed by atoms with Gasteiger partial charge in [0.15, 0.2) is 0 Å². The van der Waals surface area contributed by atoms with Gasteiger partial charge in [0.05, 0.1) is 4.34 Å². The quantitative estimate of drug-likeness (QED) is 0.882. The smallest absolute Gasteiger partial charge is 0.0931 e. The molecule has 17 heavy (non-hydrogen) atoms. The molecular weight excluding hydrogens is 252 g/mol. The third-order valence-corrected chi connectivity index (χ3v) is 4.76. The molecule has 0 saturated carbocycles. The van der Waals surface area contributed by atoms with Gasteiger partial charge in [-0.1, -0.05) is 18.0 Å². The Kier molecular flexibility index (Phi) is 5.29. The van der Waals surface area contributed by atoms with Crippen LogP contribution in [-0.2, 0) is 0 Å². The molecule has 1 atom stereocenters. The Morgan fingerprint density at radius 3 is 2.76 bits per heavy atom. The molecule has 1 aromatic heterocycles. The number of thiophene rings is 1. The zero-order valence-corrected chi connectivity index (χ0v) is 12.0. The lowest BCUT2D eigenvalue weighted by molar-refractivity contribution is 0.227. The Labute approximate surface area is 113 Å². The van der Waals surface area contributed by atoms with E-state index in [-0.39, 0.29) is 0 Å². The summed E-state index contributed by atoms with van der Waals surface area (Å²) in [5.41, 5.74) is 0.